The van der Waals surface area contributed by atoms with Crippen LogP contribution < -0.4 is 17.7 Å². The van der Waals surface area contributed by atoms with E-state index in [1.807, 2.05) is 0 Å². The second-order valence-corrected chi connectivity index (χ2v) is 28.4. The predicted octanol–water partition coefficient (Wildman–Crippen LogP) is 11.7. The molecule has 0 aliphatic rings. The molecule has 0 aromatic carbocycles. The van der Waals surface area contributed by atoms with Crippen molar-refractivity contribution in [2.45, 2.75) is 205 Å². The van der Waals surface area contributed by atoms with Crippen LogP contribution in [0.3, 0.4) is 0 Å². The average molecular weight is 983 g/mol. The molecule has 0 aliphatic heterocycles. The average Bonchev–Trinajstić information content (AvgIpc) is 3.12. The third-order valence-corrected chi connectivity index (χ3v) is 14.0. The SMILES string of the molecule is C.CCCCCC.CCCCCC.CCCCCC.CCCCCC.C[Si](C)(C)N(CCCl)CCCl.C[Si](C)(C)N(CCP)CCP.O.PCCNCCP.[Cl-].[H-].[Li-]. The van der Waals surface area contributed by atoms with Crippen LogP contribution >= 0.6 is 60.2 Å². The maximum atomic E-state index is 5.68. The maximum Gasteiger partial charge on any atom is 0.119 e. The van der Waals surface area contributed by atoms with Crippen molar-refractivity contribution in [2.75, 3.05) is 75.7 Å². The molecule has 0 rings (SSSR count). The van der Waals surface area contributed by atoms with E-state index in [1.54, 1.807) is 0 Å². The van der Waals surface area contributed by atoms with Crippen molar-refractivity contribution in [3.63, 3.8) is 0 Å². The monoisotopic (exact) mass is 981 g/mol. The van der Waals surface area contributed by atoms with Gasteiger partial charge in [-0.2, -0.15) is 0 Å². The Hall–Kier alpha value is 3.46. The topological polar surface area (TPSA) is 50.0 Å². The zero-order valence-corrected chi connectivity index (χ0v) is 50.0. The van der Waals surface area contributed by atoms with Crippen molar-refractivity contribution in [1.82, 2.24) is 14.4 Å². The first kappa shape index (κ1) is 87.4. The van der Waals surface area contributed by atoms with Crippen LogP contribution in [0.25, 0.3) is 0 Å². The molecule has 0 amide bonds. The molecule has 0 saturated heterocycles. The number of alkyl halides is 2. The number of nitrogens with one attached hydrogen (secondary N) is 1. The van der Waals surface area contributed by atoms with E-state index >= 15 is 0 Å². The summed E-state index contributed by atoms with van der Waals surface area (Å²) >= 11 is 11.4. The minimum atomic E-state index is -1.16. The maximum absolute atomic E-state index is 5.68. The first-order valence-electron chi connectivity index (χ1n) is 22.2. The van der Waals surface area contributed by atoms with Crippen molar-refractivity contribution in [2.24, 2.45) is 0 Å². The van der Waals surface area contributed by atoms with Crippen LogP contribution in [0.4, 0.5) is 0 Å². The van der Waals surface area contributed by atoms with Crippen LogP contribution in [0, 0.1) is 0 Å². The van der Waals surface area contributed by atoms with Crippen molar-refractivity contribution in [3.8, 4) is 0 Å². The number of halogens is 3. The van der Waals surface area contributed by atoms with E-state index in [0.29, 0.717) is 11.8 Å². The van der Waals surface area contributed by atoms with Gasteiger partial charge in [0.05, 0.1) is 0 Å². The van der Waals surface area contributed by atoms with Gasteiger partial charge < -0.3 is 52.6 Å². The van der Waals surface area contributed by atoms with Gasteiger partial charge in [-0.25, -0.2) is 0 Å². The predicted molar refractivity (Wildman–Crippen MR) is 299 cm³/mol. The first-order chi connectivity index (χ1) is 25.1. The number of rotatable bonds is 26. The van der Waals surface area contributed by atoms with Gasteiger partial charge in [0.1, 0.15) is 16.5 Å². The third kappa shape index (κ3) is 104. The fourth-order valence-corrected chi connectivity index (χ4v) is 9.81. The Bertz CT molecular complexity index is 500. The van der Waals surface area contributed by atoms with E-state index in [2.05, 4.69) is 146 Å². The van der Waals surface area contributed by atoms with Crippen LogP contribution in [0.2, 0.25) is 39.3 Å². The summed E-state index contributed by atoms with van der Waals surface area (Å²) in [6, 6.07) is 0. The van der Waals surface area contributed by atoms with E-state index in [9.17, 15) is 0 Å². The van der Waals surface area contributed by atoms with Crippen LogP contribution in [0.15, 0.2) is 0 Å². The molecule has 3 N–H and O–H groups in total. The van der Waals surface area contributed by atoms with E-state index in [1.165, 1.54) is 128 Å². The summed E-state index contributed by atoms with van der Waals surface area (Å²) in [7, 11) is 8.78. The smallest absolute Gasteiger partial charge is 0.119 e. The van der Waals surface area contributed by atoms with Gasteiger partial charge in [0.25, 0.3) is 0 Å². The quantitative estimate of drug-likeness (QED) is 0.0407. The van der Waals surface area contributed by atoms with Crippen LogP contribution in [-0.2, 0) is 0 Å². The molecule has 0 aromatic heterocycles. The molecule has 360 valence electrons. The zero-order chi connectivity index (χ0) is 42.7. The molecule has 0 saturated carbocycles. The van der Waals surface area contributed by atoms with Gasteiger partial charge in [0.2, 0.25) is 0 Å². The molecule has 2 radical (unpaired) electrons. The van der Waals surface area contributed by atoms with Gasteiger partial charge in [0, 0.05) is 24.8 Å². The van der Waals surface area contributed by atoms with E-state index in [4.69, 9.17) is 23.2 Å². The zero-order valence-electron chi connectivity index (χ0n) is 42.1. The largest absolute Gasteiger partial charge is 1.00 e. The summed E-state index contributed by atoms with van der Waals surface area (Å²) in [5.41, 5.74) is 0. The molecule has 0 aliphatic carbocycles. The summed E-state index contributed by atoms with van der Waals surface area (Å²) in [6.07, 6.45) is 26.9. The van der Waals surface area contributed by atoms with Crippen molar-refractivity contribution in [1.29, 1.82) is 0 Å². The Morgan fingerprint density at radius 1 is 0.439 bits per heavy atom. The van der Waals surface area contributed by atoms with Crippen molar-refractivity contribution in [3.05, 3.63) is 0 Å². The van der Waals surface area contributed by atoms with Gasteiger partial charge in [-0.15, -0.1) is 60.2 Å². The Morgan fingerprint density at radius 3 is 0.754 bits per heavy atom. The second-order valence-electron chi connectivity index (χ2n) is 15.4. The minimum absolute atomic E-state index is 0. The molecule has 0 bridgehead atoms. The minimum Gasteiger partial charge on any atom is -1.00 e. The Labute approximate surface area is 406 Å². The summed E-state index contributed by atoms with van der Waals surface area (Å²) in [6.45, 7) is 38.7. The molecular weight excluding hydrogens is 868 g/mol. The van der Waals surface area contributed by atoms with Crippen LogP contribution in [0.5, 0.6) is 0 Å². The third-order valence-electron chi connectivity index (χ3n) is 7.87. The van der Waals surface area contributed by atoms with E-state index in [0.717, 1.165) is 38.5 Å². The molecule has 4 nitrogen and oxygen atoms in total. The van der Waals surface area contributed by atoms with Crippen LogP contribution in [0.1, 0.15) is 167 Å². The van der Waals surface area contributed by atoms with Gasteiger partial charge in [0.15, 0.2) is 0 Å². The molecule has 0 heterocycles. The molecular formula is C43H114Cl3LiN3OP4Si2-3. The fraction of sp³-hybridized carbons (Fsp3) is 1.00. The summed E-state index contributed by atoms with van der Waals surface area (Å²) in [4.78, 5) is 0. The van der Waals surface area contributed by atoms with Gasteiger partial charge >= 0.3 is 0 Å². The fourth-order valence-electron chi connectivity index (χ4n) is 4.41. The molecule has 57 heavy (non-hydrogen) atoms. The van der Waals surface area contributed by atoms with Gasteiger partial charge in [-0.1, -0.05) is 205 Å². The Morgan fingerprint density at radius 2 is 0.632 bits per heavy atom. The van der Waals surface area contributed by atoms with E-state index < -0.39 is 16.5 Å². The Kier molecular flexibility index (Phi) is 122. The number of hydrogen-bond acceptors (Lipinski definition) is 3. The summed E-state index contributed by atoms with van der Waals surface area (Å²) in [5.74, 6) is 1.42. The van der Waals surface area contributed by atoms with Gasteiger partial charge in [-0.05, 0) is 50.8 Å². The molecule has 0 spiro atoms. The van der Waals surface area contributed by atoms with Crippen LogP contribution in [-0.4, -0.2) is 126 Å². The number of nitrogens with zero attached hydrogens (tertiary/aromatic N) is 2. The molecule has 14 heteroatoms. The number of unbranched alkanes of at least 4 members (excludes halogenated alkanes) is 12. The molecule has 0 aromatic rings. The summed E-state index contributed by atoms with van der Waals surface area (Å²) < 4.78 is 5.07. The van der Waals surface area contributed by atoms with E-state index in [-0.39, 0.29) is 45.6 Å². The van der Waals surface area contributed by atoms with Crippen molar-refractivity contribution >= 4 is 95.5 Å². The molecule has 0 fully saturated rings. The Balaban J connectivity index is -0.0000000427. The molecule has 4 unspecified atom stereocenters. The molecule has 4 atom stereocenters. The summed E-state index contributed by atoms with van der Waals surface area (Å²) in [5, 5.41) is 3.24. The normalized spacial score (nSPS) is 9.79. The first-order valence-corrected chi connectivity index (χ1v) is 33.5. The van der Waals surface area contributed by atoms with Gasteiger partial charge in [-0.3, -0.25) is 0 Å². The van der Waals surface area contributed by atoms with Crippen molar-refractivity contribution < 1.29 is 19.3 Å². The number of hydrogen-bond donors (Lipinski definition) is 1. The second kappa shape index (κ2) is 79.8. The standard InChI is InChI=1S/C7H17Cl2NSi.C7H21NP2Si.4C6H14.C4H13NP2.CH4.ClH.Li.H2O.H/c1-11(2,3)10(6-4-8)7-5-9;1-11(2,3)8(4-6-9)5-7-10;4*1-3-5-6-4-2;6-3-1-5-2-4-7;;;;;/h4-7H2,1-3H3;4-7,9-10H2,1-3H3;4*3-6H2,1-2H3;5H,1-4,6-7H2;1H4;1H;;1H2;/q;;;;;;;;;-1;;-1/p-1.